The third-order valence-corrected chi connectivity index (χ3v) is 4.29. The van der Waals surface area contributed by atoms with Crippen LogP contribution in [0, 0.1) is 0 Å². The molecule has 1 aromatic heterocycles. The van der Waals surface area contributed by atoms with Gasteiger partial charge in [-0.1, -0.05) is 18.2 Å². The van der Waals surface area contributed by atoms with Crippen molar-refractivity contribution in [2.24, 2.45) is 0 Å². The molecule has 1 fully saturated rings. The highest BCUT2D eigenvalue weighted by Crippen LogP contribution is 2.18. The molecule has 5 nitrogen and oxygen atoms in total. The molecule has 3 amide bonds. The summed E-state index contributed by atoms with van der Waals surface area (Å²) < 4.78 is 0. The molecule has 22 heavy (non-hydrogen) atoms. The second-order valence-corrected chi connectivity index (χ2v) is 5.88. The van der Waals surface area contributed by atoms with Crippen LogP contribution in [0.15, 0.2) is 47.2 Å². The van der Waals surface area contributed by atoms with Gasteiger partial charge >= 0.3 is 6.03 Å². The van der Waals surface area contributed by atoms with Crippen LogP contribution < -0.4 is 10.2 Å². The van der Waals surface area contributed by atoms with Crippen molar-refractivity contribution in [2.45, 2.75) is 6.54 Å². The molecular weight excluding hydrogens is 298 g/mol. The number of benzene rings is 1. The topological polar surface area (TPSA) is 52.7 Å². The first-order chi connectivity index (χ1) is 10.7. The van der Waals surface area contributed by atoms with Crippen molar-refractivity contribution in [2.75, 3.05) is 24.5 Å². The summed E-state index contributed by atoms with van der Waals surface area (Å²) in [5.74, 6) is -0.172. The number of rotatable bonds is 5. The summed E-state index contributed by atoms with van der Waals surface area (Å²) in [6, 6.07) is 11.5. The van der Waals surface area contributed by atoms with Gasteiger partial charge < -0.3 is 10.2 Å². The Hall–Kier alpha value is -2.34. The summed E-state index contributed by atoms with van der Waals surface area (Å²) >= 11 is 1.64. The Bertz CT molecular complexity index is 643. The number of imide groups is 1. The fourth-order valence-corrected chi connectivity index (χ4v) is 3.10. The number of carbonyl (C=O) groups excluding carboxylic acids is 2. The highest BCUT2D eigenvalue weighted by molar-refractivity contribution is 7.07. The molecule has 1 N–H and O–H groups in total. The van der Waals surface area contributed by atoms with Crippen molar-refractivity contribution >= 4 is 29.0 Å². The molecule has 0 radical (unpaired) electrons. The smallest absolute Gasteiger partial charge is 0.324 e. The van der Waals surface area contributed by atoms with Crippen LogP contribution in [-0.2, 0) is 11.3 Å². The Labute approximate surface area is 133 Å². The van der Waals surface area contributed by atoms with Crippen LogP contribution in [0.25, 0.3) is 0 Å². The Morgan fingerprint density at radius 1 is 1.27 bits per heavy atom. The molecule has 1 aromatic carbocycles. The van der Waals surface area contributed by atoms with E-state index in [1.165, 1.54) is 4.90 Å². The lowest BCUT2D eigenvalue weighted by atomic mass is 10.2. The number of urea groups is 1. The SMILES string of the molecule is O=C(CN(Cc1ccsc1)c1ccccc1)N1CCNC1=O. The predicted octanol–water partition coefficient (Wildman–Crippen LogP) is 2.31. The second-order valence-electron chi connectivity index (χ2n) is 5.10. The number of nitrogens with zero attached hydrogens (tertiary/aromatic N) is 2. The van der Waals surface area contributed by atoms with Gasteiger partial charge in [0, 0.05) is 25.3 Å². The van der Waals surface area contributed by atoms with Crippen molar-refractivity contribution in [1.29, 1.82) is 0 Å². The van der Waals surface area contributed by atoms with Gasteiger partial charge in [-0.15, -0.1) is 0 Å². The van der Waals surface area contributed by atoms with Gasteiger partial charge in [-0.25, -0.2) is 4.79 Å². The highest BCUT2D eigenvalue weighted by atomic mass is 32.1. The van der Waals surface area contributed by atoms with E-state index in [1.807, 2.05) is 46.7 Å². The molecule has 1 aliphatic heterocycles. The van der Waals surface area contributed by atoms with Crippen LogP contribution in [0.3, 0.4) is 0 Å². The van der Waals surface area contributed by atoms with E-state index in [4.69, 9.17) is 0 Å². The van der Waals surface area contributed by atoms with Crippen LogP contribution >= 0.6 is 11.3 Å². The van der Waals surface area contributed by atoms with Gasteiger partial charge in [0.25, 0.3) is 0 Å². The molecule has 0 atom stereocenters. The number of carbonyl (C=O) groups is 2. The molecule has 1 aliphatic rings. The number of amides is 3. The number of hydrogen-bond donors (Lipinski definition) is 1. The van der Waals surface area contributed by atoms with E-state index in [-0.39, 0.29) is 18.5 Å². The van der Waals surface area contributed by atoms with Gasteiger partial charge in [-0.3, -0.25) is 9.69 Å². The zero-order valence-corrected chi connectivity index (χ0v) is 12.9. The van der Waals surface area contributed by atoms with Crippen molar-refractivity contribution < 1.29 is 9.59 Å². The van der Waals surface area contributed by atoms with Crippen molar-refractivity contribution in [3.63, 3.8) is 0 Å². The highest BCUT2D eigenvalue weighted by Gasteiger charge is 2.27. The van der Waals surface area contributed by atoms with E-state index in [9.17, 15) is 9.59 Å². The van der Waals surface area contributed by atoms with Gasteiger partial charge in [0.05, 0.1) is 6.54 Å². The minimum absolute atomic E-state index is 0.172. The summed E-state index contributed by atoms with van der Waals surface area (Å²) in [5.41, 5.74) is 2.13. The van der Waals surface area contributed by atoms with Crippen LogP contribution in [0.4, 0.5) is 10.5 Å². The minimum Gasteiger partial charge on any atom is -0.358 e. The lowest BCUT2D eigenvalue weighted by Crippen LogP contribution is -2.41. The quantitative estimate of drug-likeness (QED) is 0.921. The number of nitrogens with one attached hydrogen (secondary N) is 1. The molecule has 0 aliphatic carbocycles. The maximum absolute atomic E-state index is 12.4. The van der Waals surface area contributed by atoms with Gasteiger partial charge in [0.15, 0.2) is 0 Å². The average Bonchev–Trinajstić information content (AvgIpc) is 3.19. The number of anilines is 1. The lowest BCUT2D eigenvalue weighted by molar-refractivity contribution is -0.126. The number of thiophene rings is 1. The first kappa shape index (κ1) is 14.6. The molecule has 1 saturated heterocycles. The van der Waals surface area contributed by atoms with Crippen LogP contribution in [-0.4, -0.2) is 36.5 Å². The summed E-state index contributed by atoms with van der Waals surface area (Å²) in [6.45, 7) is 1.81. The Balaban J connectivity index is 1.76. The number of para-hydroxylation sites is 1. The third kappa shape index (κ3) is 3.28. The van der Waals surface area contributed by atoms with Crippen molar-refractivity contribution in [1.82, 2.24) is 10.2 Å². The Morgan fingerprint density at radius 3 is 2.73 bits per heavy atom. The van der Waals surface area contributed by atoms with E-state index in [0.717, 1.165) is 11.3 Å². The molecule has 0 unspecified atom stereocenters. The standard InChI is InChI=1S/C16H17N3O2S/c20-15(19-8-7-17-16(19)21)11-18(10-13-6-9-22-12-13)14-4-2-1-3-5-14/h1-6,9,12H,7-8,10-11H2,(H,17,21). The minimum atomic E-state index is -0.298. The van der Waals surface area contributed by atoms with Gasteiger partial charge in [-0.2, -0.15) is 11.3 Å². The summed E-state index contributed by atoms with van der Waals surface area (Å²) in [4.78, 5) is 27.3. The zero-order valence-electron chi connectivity index (χ0n) is 12.1. The van der Waals surface area contributed by atoms with Crippen LogP contribution in [0.5, 0.6) is 0 Å². The monoisotopic (exact) mass is 315 g/mol. The molecule has 0 bridgehead atoms. The van der Waals surface area contributed by atoms with E-state index in [2.05, 4.69) is 10.7 Å². The largest absolute Gasteiger partial charge is 0.358 e. The molecule has 0 saturated carbocycles. The molecule has 114 valence electrons. The van der Waals surface area contributed by atoms with E-state index < -0.39 is 0 Å². The molecule has 2 heterocycles. The van der Waals surface area contributed by atoms with Gasteiger partial charge in [0.1, 0.15) is 0 Å². The Morgan fingerprint density at radius 2 is 2.09 bits per heavy atom. The summed E-state index contributed by atoms with van der Waals surface area (Å²) in [6.07, 6.45) is 0. The van der Waals surface area contributed by atoms with Gasteiger partial charge in [0.2, 0.25) is 5.91 Å². The second kappa shape index (κ2) is 6.62. The molecule has 3 rings (SSSR count). The van der Waals surface area contributed by atoms with Crippen LogP contribution in [0.2, 0.25) is 0 Å². The first-order valence-electron chi connectivity index (χ1n) is 7.13. The number of hydrogen-bond acceptors (Lipinski definition) is 4. The lowest BCUT2D eigenvalue weighted by Gasteiger charge is -2.25. The normalized spacial score (nSPS) is 14.0. The molecule has 6 heteroatoms. The maximum atomic E-state index is 12.4. The van der Waals surface area contributed by atoms with Crippen molar-refractivity contribution in [3.8, 4) is 0 Å². The predicted molar refractivity (Wildman–Crippen MR) is 86.9 cm³/mol. The average molecular weight is 315 g/mol. The molecule has 2 aromatic rings. The fourth-order valence-electron chi connectivity index (χ4n) is 2.44. The van der Waals surface area contributed by atoms with E-state index >= 15 is 0 Å². The van der Waals surface area contributed by atoms with Crippen molar-refractivity contribution in [3.05, 3.63) is 52.7 Å². The van der Waals surface area contributed by atoms with Crippen LogP contribution in [0.1, 0.15) is 5.56 Å². The summed E-state index contributed by atoms with van der Waals surface area (Å²) in [7, 11) is 0. The van der Waals surface area contributed by atoms with E-state index in [1.54, 1.807) is 11.3 Å². The van der Waals surface area contributed by atoms with E-state index in [0.29, 0.717) is 19.6 Å². The molecular formula is C16H17N3O2S. The molecule has 0 spiro atoms. The fraction of sp³-hybridized carbons (Fsp3) is 0.250. The third-order valence-electron chi connectivity index (χ3n) is 3.56. The Kier molecular flexibility index (Phi) is 4.39. The maximum Gasteiger partial charge on any atom is 0.324 e. The van der Waals surface area contributed by atoms with Gasteiger partial charge in [-0.05, 0) is 34.5 Å². The summed E-state index contributed by atoms with van der Waals surface area (Å²) in [5, 5.41) is 6.75. The first-order valence-corrected chi connectivity index (χ1v) is 8.07. The zero-order chi connectivity index (χ0) is 15.4.